The number of aliphatic carboxylic acids is 1. The molecule has 1 saturated carbocycles. The summed E-state index contributed by atoms with van der Waals surface area (Å²) < 4.78 is 18.2. The number of rotatable bonds is 6. The van der Waals surface area contributed by atoms with Gasteiger partial charge in [-0.05, 0) is 37.6 Å². The summed E-state index contributed by atoms with van der Waals surface area (Å²) in [6.07, 6.45) is 0.111. The molecule has 0 heterocycles. The molecule has 1 aliphatic rings. The Hall–Kier alpha value is -2.11. The molecule has 0 aromatic heterocycles. The molecule has 0 radical (unpaired) electrons. The standard InChI is InChI=1S/C14H16FNO4/c1-8(20-10-4-2-9(15)3-5-10)7-16-13(17)11-6-12(11)14(18)19/h2-5,8,11-12H,6-7H2,1H3,(H,16,17)(H,18,19)/t8-,11+,12-/m1/s1. The van der Waals surface area contributed by atoms with Crippen molar-refractivity contribution in [1.29, 1.82) is 0 Å². The fourth-order valence-corrected chi connectivity index (χ4v) is 1.92. The summed E-state index contributed by atoms with van der Waals surface area (Å²) in [6, 6.07) is 5.61. The first kappa shape index (κ1) is 14.3. The largest absolute Gasteiger partial charge is 0.489 e. The smallest absolute Gasteiger partial charge is 0.307 e. The van der Waals surface area contributed by atoms with E-state index in [4.69, 9.17) is 9.84 Å². The molecule has 1 aliphatic carbocycles. The van der Waals surface area contributed by atoms with Crippen LogP contribution in [0.25, 0.3) is 0 Å². The van der Waals surface area contributed by atoms with Gasteiger partial charge in [-0.2, -0.15) is 0 Å². The van der Waals surface area contributed by atoms with Gasteiger partial charge in [-0.25, -0.2) is 4.39 Å². The quantitative estimate of drug-likeness (QED) is 0.827. The van der Waals surface area contributed by atoms with E-state index in [0.29, 0.717) is 12.2 Å². The Kier molecular flexibility index (Phi) is 4.22. The summed E-state index contributed by atoms with van der Waals surface area (Å²) in [7, 11) is 0. The van der Waals surface area contributed by atoms with Crippen molar-refractivity contribution in [2.24, 2.45) is 11.8 Å². The number of carboxylic acids is 1. The number of hydrogen-bond acceptors (Lipinski definition) is 3. The van der Waals surface area contributed by atoms with Crippen molar-refractivity contribution in [3.63, 3.8) is 0 Å². The molecule has 0 aliphatic heterocycles. The SMILES string of the molecule is C[C@H](CNC(=O)[C@H]1C[C@H]1C(=O)O)Oc1ccc(F)cc1. The molecule has 2 N–H and O–H groups in total. The topological polar surface area (TPSA) is 75.6 Å². The summed E-state index contributed by atoms with van der Waals surface area (Å²) in [5.41, 5.74) is 0. The van der Waals surface area contributed by atoms with Gasteiger partial charge in [0.2, 0.25) is 5.91 Å². The molecule has 1 aromatic rings. The van der Waals surface area contributed by atoms with Gasteiger partial charge in [-0.1, -0.05) is 0 Å². The van der Waals surface area contributed by atoms with E-state index >= 15 is 0 Å². The van der Waals surface area contributed by atoms with Gasteiger partial charge in [0.05, 0.1) is 18.4 Å². The lowest BCUT2D eigenvalue weighted by molar-refractivity contribution is -0.140. The van der Waals surface area contributed by atoms with Crippen molar-refractivity contribution >= 4 is 11.9 Å². The van der Waals surface area contributed by atoms with Crippen molar-refractivity contribution in [3.05, 3.63) is 30.1 Å². The van der Waals surface area contributed by atoms with Gasteiger partial charge in [-0.3, -0.25) is 9.59 Å². The second-order valence-electron chi connectivity index (χ2n) is 4.91. The van der Waals surface area contributed by atoms with Crippen molar-refractivity contribution < 1.29 is 23.8 Å². The number of carbonyl (C=O) groups excluding carboxylic acids is 1. The minimum Gasteiger partial charge on any atom is -0.489 e. The van der Waals surface area contributed by atoms with E-state index in [1.165, 1.54) is 24.3 Å². The number of ether oxygens (including phenoxy) is 1. The van der Waals surface area contributed by atoms with Crippen LogP contribution in [0.3, 0.4) is 0 Å². The highest BCUT2D eigenvalue weighted by Gasteiger charge is 2.48. The Morgan fingerprint density at radius 3 is 2.60 bits per heavy atom. The van der Waals surface area contributed by atoms with Gasteiger partial charge in [0, 0.05) is 0 Å². The predicted molar refractivity (Wildman–Crippen MR) is 68.7 cm³/mol. The number of carboxylic acid groups (broad SMARTS) is 1. The molecule has 3 atom stereocenters. The summed E-state index contributed by atoms with van der Waals surface area (Å²) >= 11 is 0. The highest BCUT2D eigenvalue weighted by Crippen LogP contribution is 2.38. The second-order valence-corrected chi connectivity index (χ2v) is 4.91. The maximum Gasteiger partial charge on any atom is 0.307 e. The third kappa shape index (κ3) is 3.69. The third-order valence-electron chi connectivity index (χ3n) is 3.16. The van der Waals surface area contributed by atoms with Gasteiger partial charge < -0.3 is 15.2 Å². The molecule has 0 saturated heterocycles. The lowest BCUT2D eigenvalue weighted by Crippen LogP contribution is -2.35. The zero-order valence-corrected chi connectivity index (χ0v) is 11.0. The predicted octanol–water partition coefficient (Wildman–Crippen LogP) is 1.43. The fourth-order valence-electron chi connectivity index (χ4n) is 1.92. The number of halogens is 1. The van der Waals surface area contributed by atoms with Crippen molar-refractivity contribution in [2.45, 2.75) is 19.4 Å². The molecule has 1 fully saturated rings. The molecule has 1 aromatic carbocycles. The van der Waals surface area contributed by atoms with E-state index in [9.17, 15) is 14.0 Å². The first-order chi connectivity index (χ1) is 9.47. The lowest BCUT2D eigenvalue weighted by atomic mass is 10.3. The average molecular weight is 281 g/mol. The number of nitrogens with one attached hydrogen (secondary N) is 1. The van der Waals surface area contributed by atoms with Crippen LogP contribution >= 0.6 is 0 Å². The van der Waals surface area contributed by atoms with Gasteiger partial charge in [0.15, 0.2) is 0 Å². The van der Waals surface area contributed by atoms with Gasteiger partial charge in [0.25, 0.3) is 0 Å². The van der Waals surface area contributed by atoms with E-state index in [2.05, 4.69) is 5.32 Å². The Balaban J connectivity index is 1.73. The van der Waals surface area contributed by atoms with Crippen LogP contribution in [0.5, 0.6) is 5.75 Å². The molecule has 1 amide bonds. The number of amides is 1. The first-order valence-corrected chi connectivity index (χ1v) is 6.40. The zero-order valence-electron chi connectivity index (χ0n) is 11.0. The van der Waals surface area contributed by atoms with Crippen LogP contribution in [-0.2, 0) is 9.59 Å². The minimum absolute atomic E-state index is 0.257. The van der Waals surface area contributed by atoms with Crippen LogP contribution in [0, 0.1) is 17.7 Å². The van der Waals surface area contributed by atoms with Crippen LogP contribution in [0.4, 0.5) is 4.39 Å². The van der Waals surface area contributed by atoms with Crippen molar-refractivity contribution in [2.75, 3.05) is 6.54 Å². The Morgan fingerprint density at radius 1 is 1.40 bits per heavy atom. The monoisotopic (exact) mass is 281 g/mol. The highest BCUT2D eigenvalue weighted by atomic mass is 19.1. The molecule has 108 valence electrons. The minimum atomic E-state index is -0.930. The maximum absolute atomic E-state index is 12.7. The number of hydrogen-bond donors (Lipinski definition) is 2. The van der Waals surface area contributed by atoms with Crippen molar-refractivity contribution in [3.8, 4) is 5.75 Å². The van der Waals surface area contributed by atoms with Crippen LogP contribution in [-0.4, -0.2) is 29.6 Å². The Labute approximate surface area is 115 Å². The molecular formula is C14H16FNO4. The van der Waals surface area contributed by atoms with Gasteiger partial charge >= 0.3 is 5.97 Å². The van der Waals surface area contributed by atoms with E-state index in [1.54, 1.807) is 6.92 Å². The molecule has 0 spiro atoms. The Bertz CT molecular complexity index is 502. The molecule has 0 bridgehead atoms. The molecule has 0 unspecified atom stereocenters. The molecule has 6 heteroatoms. The summed E-state index contributed by atoms with van der Waals surface area (Å²) in [6.45, 7) is 2.05. The van der Waals surface area contributed by atoms with Crippen LogP contribution in [0.2, 0.25) is 0 Å². The van der Waals surface area contributed by atoms with E-state index < -0.39 is 17.8 Å². The zero-order chi connectivity index (χ0) is 14.7. The number of benzene rings is 1. The summed E-state index contributed by atoms with van der Waals surface area (Å²) in [5, 5.41) is 11.4. The van der Waals surface area contributed by atoms with E-state index in [0.717, 1.165) is 0 Å². The van der Waals surface area contributed by atoms with Crippen LogP contribution in [0.1, 0.15) is 13.3 Å². The number of carbonyl (C=O) groups is 2. The third-order valence-corrected chi connectivity index (χ3v) is 3.16. The Morgan fingerprint density at radius 2 is 2.05 bits per heavy atom. The van der Waals surface area contributed by atoms with Crippen molar-refractivity contribution in [1.82, 2.24) is 5.32 Å². The molecular weight excluding hydrogens is 265 g/mol. The molecule has 2 rings (SSSR count). The van der Waals surface area contributed by atoms with Crippen LogP contribution < -0.4 is 10.1 Å². The highest BCUT2D eigenvalue weighted by molar-refractivity contribution is 5.89. The van der Waals surface area contributed by atoms with E-state index in [1.807, 2.05) is 0 Å². The average Bonchev–Trinajstić information content (AvgIpc) is 3.19. The summed E-state index contributed by atoms with van der Waals surface area (Å²) in [5.74, 6) is -1.99. The van der Waals surface area contributed by atoms with Gasteiger partial charge in [-0.15, -0.1) is 0 Å². The lowest BCUT2D eigenvalue weighted by Gasteiger charge is -2.15. The molecule has 20 heavy (non-hydrogen) atoms. The fraction of sp³-hybridized carbons (Fsp3) is 0.429. The first-order valence-electron chi connectivity index (χ1n) is 6.40. The van der Waals surface area contributed by atoms with Crippen LogP contribution in [0.15, 0.2) is 24.3 Å². The second kappa shape index (κ2) is 5.90. The molecule has 5 nitrogen and oxygen atoms in total. The normalized spacial score (nSPS) is 21.9. The maximum atomic E-state index is 12.7. The van der Waals surface area contributed by atoms with Gasteiger partial charge in [0.1, 0.15) is 17.7 Å². The van der Waals surface area contributed by atoms with E-state index in [-0.39, 0.29) is 24.4 Å². The summed E-state index contributed by atoms with van der Waals surface area (Å²) in [4.78, 5) is 22.3.